The number of nitrogens with one attached hydrogen (secondary N) is 1. The Morgan fingerprint density at radius 3 is 2.67 bits per heavy atom. The third-order valence-electron chi connectivity index (χ3n) is 5.96. The number of aromatic nitrogens is 4. The summed E-state index contributed by atoms with van der Waals surface area (Å²) in [5.74, 6) is 0.965. The van der Waals surface area contributed by atoms with Crippen molar-refractivity contribution in [2.75, 3.05) is 6.61 Å². The molecule has 3 heterocycles. The lowest BCUT2D eigenvalue weighted by Crippen LogP contribution is -2.24. The van der Waals surface area contributed by atoms with Crippen LogP contribution in [0.5, 0.6) is 0 Å². The molecule has 0 bridgehead atoms. The van der Waals surface area contributed by atoms with Gasteiger partial charge >= 0.3 is 0 Å². The molecule has 4 aromatic rings. The topological polar surface area (TPSA) is 81.9 Å². The molecule has 0 saturated heterocycles. The summed E-state index contributed by atoms with van der Waals surface area (Å²) in [6.45, 7) is 5.50. The number of hydrogen-bond donors (Lipinski definition) is 1. The maximum absolute atomic E-state index is 13.4. The molecule has 7 heteroatoms. The van der Waals surface area contributed by atoms with Gasteiger partial charge in [-0.05, 0) is 56.0 Å². The van der Waals surface area contributed by atoms with E-state index in [1.54, 1.807) is 10.9 Å². The highest BCUT2D eigenvalue weighted by atomic mass is 16.5. The van der Waals surface area contributed by atoms with Crippen molar-refractivity contribution in [1.82, 2.24) is 25.1 Å². The Kier molecular flexibility index (Phi) is 5.88. The van der Waals surface area contributed by atoms with Gasteiger partial charge in [0.25, 0.3) is 5.91 Å². The first-order valence-corrected chi connectivity index (χ1v) is 11.4. The quantitative estimate of drug-likeness (QED) is 0.436. The van der Waals surface area contributed by atoms with Crippen LogP contribution in [-0.4, -0.2) is 32.3 Å². The summed E-state index contributed by atoms with van der Waals surface area (Å²) in [5.41, 5.74) is 5.13. The Morgan fingerprint density at radius 2 is 1.94 bits per heavy atom. The summed E-state index contributed by atoms with van der Waals surface area (Å²) in [7, 11) is 0. The van der Waals surface area contributed by atoms with Crippen molar-refractivity contribution >= 4 is 16.9 Å². The second kappa shape index (κ2) is 9.11. The smallest absolute Gasteiger partial charge is 0.252 e. The van der Waals surface area contributed by atoms with Gasteiger partial charge in [-0.2, -0.15) is 9.78 Å². The van der Waals surface area contributed by atoms with E-state index in [9.17, 15) is 4.79 Å². The summed E-state index contributed by atoms with van der Waals surface area (Å²) in [4.78, 5) is 22.8. The molecule has 0 radical (unpaired) electrons. The largest absolute Gasteiger partial charge is 0.377 e. The van der Waals surface area contributed by atoms with Gasteiger partial charge in [-0.15, -0.1) is 0 Å². The molecular weight excluding hydrogens is 414 g/mol. The van der Waals surface area contributed by atoms with Gasteiger partial charge in [-0.25, -0.2) is 9.97 Å². The van der Waals surface area contributed by atoms with Gasteiger partial charge in [-0.3, -0.25) is 4.79 Å². The minimum atomic E-state index is -0.126. The summed E-state index contributed by atoms with van der Waals surface area (Å²) in [6, 6.07) is 15.7. The molecule has 0 unspecified atom stereocenters. The summed E-state index contributed by atoms with van der Waals surface area (Å²) < 4.78 is 7.32. The van der Waals surface area contributed by atoms with Crippen LogP contribution >= 0.6 is 0 Å². The zero-order chi connectivity index (χ0) is 22.8. The van der Waals surface area contributed by atoms with Crippen molar-refractivity contribution in [3.05, 3.63) is 82.8 Å². The minimum absolute atomic E-state index is 0.126. The highest BCUT2D eigenvalue weighted by Gasteiger charge is 2.29. The molecule has 1 aromatic carbocycles. The molecule has 1 fully saturated rings. The van der Waals surface area contributed by atoms with E-state index in [0.29, 0.717) is 42.7 Å². The Hall–Kier alpha value is -3.58. The van der Waals surface area contributed by atoms with E-state index in [1.807, 2.05) is 62.4 Å². The Balaban J connectivity index is 1.50. The number of pyridine rings is 2. The zero-order valence-electron chi connectivity index (χ0n) is 18.9. The first-order chi connectivity index (χ1) is 16.2. The van der Waals surface area contributed by atoms with E-state index >= 15 is 0 Å². The molecule has 5 rings (SSSR count). The lowest BCUT2D eigenvalue weighted by molar-refractivity contribution is 0.0951. The average Bonchev–Trinajstić information content (AvgIpc) is 3.65. The predicted molar refractivity (Wildman–Crippen MR) is 126 cm³/mol. The van der Waals surface area contributed by atoms with E-state index in [2.05, 4.69) is 15.4 Å². The van der Waals surface area contributed by atoms with Crippen LogP contribution < -0.4 is 5.32 Å². The van der Waals surface area contributed by atoms with Crippen LogP contribution in [0.2, 0.25) is 0 Å². The monoisotopic (exact) mass is 441 g/mol. The van der Waals surface area contributed by atoms with Gasteiger partial charge in [0.1, 0.15) is 0 Å². The van der Waals surface area contributed by atoms with E-state index in [0.717, 1.165) is 40.7 Å². The second-order valence-corrected chi connectivity index (χ2v) is 8.34. The molecule has 33 heavy (non-hydrogen) atoms. The first kappa shape index (κ1) is 21.3. The number of fused-ring (bicyclic) bond motifs is 1. The van der Waals surface area contributed by atoms with Crippen LogP contribution in [0.25, 0.3) is 16.9 Å². The molecule has 3 aromatic heterocycles. The van der Waals surface area contributed by atoms with E-state index in [-0.39, 0.29) is 5.91 Å². The first-order valence-electron chi connectivity index (χ1n) is 11.4. The molecule has 1 N–H and O–H groups in total. The van der Waals surface area contributed by atoms with Gasteiger partial charge in [0, 0.05) is 31.0 Å². The zero-order valence-corrected chi connectivity index (χ0v) is 18.9. The standard InChI is InChI=1S/C26H27N5O2/c1-3-33-16-20-9-5-4-8-19(20)15-28-26(32)21-14-22(18-11-12-18)29-25-24(21)17(2)30-31(25)23-10-6-7-13-27-23/h4-10,13-14,18H,3,11-12,15-16H2,1-2H3,(H,28,32). The normalized spacial score (nSPS) is 13.4. The van der Waals surface area contributed by atoms with Gasteiger partial charge in [0.15, 0.2) is 11.5 Å². The second-order valence-electron chi connectivity index (χ2n) is 8.34. The number of aryl methyl sites for hydroxylation is 1. The number of nitrogens with zero attached hydrogens (tertiary/aromatic N) is 4. The third-order valence-corrected chi connectivity index (χ3v) is 5.96. The van der Waals surface area contributed by atoms with Crippen LogP contribution in [0.3, 0.4) is 0 Å². The predicted octanol–water partition coefficient (Wildman–Crippen LogP) is 4.47. The molecule has 1 aliphatic rings. The summed E-state index contributed by atoms with van der Waals surface area (Å²) >= 11 is 0. The van der Waals surface area contributed by atoms with Crippen molar-refractivity contribution in [3.8, 4) is 5.82 Å². The Bertz CT molecular complexity index is 1300. The lowest BCUT2D eigenvalue weighted by Gasteiger charge is -2.12. The highest BCUT2D eigenvalue weighted by molar-refractivity contribution is 6.06. The average molecular weight is 442 g/mol. The van der Waals surface area contributed by atoms with Gasteiger partial charge < -0.3 is 10.1 Å². The lowest BCUT2D eigenvalue weighted by atomic mass is 10.1. The fourth-order valence-corrected chi connectivity index (χ4v) is 4.07. The summed E-state index contributed by atoms with van der Waals surface area (Å²) in [6.07, 6.45) is 3.93. The maximum Gasteiger partial charge on any atom is 0.252 e. The fourth-order valence-electron chi connectivity index (χ4n) is 4.07. The molecular formula is C26H27N5O2. The molecule has 7 nitrogen and oxygen atoms in total. The van der Waals surface area contributed by atoms with Crippen molar-refractivity contribution < 1.29 is 9.53 Å². The maximum atomic E-state index is 13.4. The molecule has 168 valence electrons. The molecule has 0 atom stereocenters. The molecule has 1 aliphatic carbocycles. The fraction of sp³-hybridized carbons (Fsp3) is 0.308. The number of benzene rings is 1. The van der Waals surface area contributed by atoms with Gasteiger partial charge in [-0.1, -0.05) is 30.3 Å². The number of hydrogen-bond acceptors (Lipinski definition) is 5. The molecule has 1 saturated carbocycles. The molecule has 0 aliphatic heterocycles. The molecule has 1 amide bonds. The third kappa shape index (κ3) is 4.36. The van der Waals surface area contributed by atoms with Crippen LogP contribution in [-0.2, 0) is 17.9 Å². The van der Waals surface area contributed by atoms with Crippen LogP contribution in [0.4, 0.5) is 0 Å². The van der Waals surface area contributed by atoms with Crippen molar-refractivity contribution in [1.29, 1.82) is 0 Å². The number of carbonyl (C=O) groups is 1. The van der Waals surface area contributed by atoms with Crippen LogP contribution in [0, 0.1) is 6.92 Å². The Labute approximate surface area is 192 Å². The van der Waals surface area contributed by atoms with Crippen molar-refractivity contribution in [2.45, 2.75) is 45.8 Å². The van der Waals surface area contributed by atoms with Crippen molar-refractivity contribution in [2.24, 2.45) is 0 Å². The Morgan fingerprint density at radius 1 is 1.15 bits per heavy atom. The number of amides is 1. The number of carbonyl (C=O) groups excluding carboxylic acids is 1. The van der Waals surface area contributed by atoms with Crippen LogP contribution in [0.15, 0.2) is 54.7 Å². The van der Waals surface area contributed by atoms with Gasteiger partial charge in [0.2, 0.25) is 0 Å². The van der Waals surface area contributed by atoms with Crippen molar-refractivity contribution in [3.63, 3.8) is 0 Å². The van der Waals surface area contributed by atoms with E-state index in [4.69, 9.17) is 9.72 Å². The number of ether oxygens (including phenoxy) is 1. The number of rotatable bonds is 8. The SMILES string of the molecule is CCOCc1ccccc1CNC(=O)c1cc(C2CC2)nc2c1c(C)nn2-c1ccccn1. The van der Waals surface area contributed by atoms with E-state index in [1.165, 1.54) is 0 Å². The molecule has 0 spiro atoms. The minimum Gasteiger partial charge on any atom is -0.377 e. The van der Waals surface area contributed by atoms with Crippen LogP contribution in [0.1, 0.15) is 58.6 Å². The highest BCUT2D eigenvalue weighted by Crippen LogP contribution is 2.40. The summed E-state index contributed by atoms with van der Waals surface area (Å²) in [5, 5.41) is 8.57. The van der Waals surface area contributed by atoms with E-state index < -0.39 is 0 Å². The van der Waals surface area contributed by atoms with Gasteiger partial charge in [0.05, 0.1) is 23.3 Å².